The summed E-state index contributed by atoms with van der Waals surface area (Å²) < 4.78 is 5.46. The molecule has 1 aliphatic heterocycles. The number of fused-ring (bicyclic) bond motifs is 1. The Bertz CT molecular complexity index is 503. The minimum atomic E-state index is -0.539. The first-order valence-corrected chi connectivity index (χ1v) is 7.09. The molecule has 0 unspecified atom stereocenters. The van der Waals surface area contributed by atoms with Crippen molar-refractivity contribution in [2.24, 2.45) is 0 Å². The van der Waals surface area contributed by atoms with Crippen molar-refractivity contribution in [1.82, 2.24) is 0 Å². The van der Waals surface area contributed by atoms with E-state index in [1.54, 1.807) is 11.8 Å². The molecule has 0 fully saturated rings. The molecule has 0 spiro atoms. The molecule has 1 atom stereocenters. The van der Waals surface area contributed by atoms with Gasteiger partial charge in [0.25, 0.3) is 0 Å². The van der Waals surface area contributed by atoms with Crippen LogP contribution in [-0.4, -0.2) is 23.3 Å². The second-order valence-electron chi connectivity index (χ2n) is 6.30. The van der Waals surface area contributed by atoms with Gasteiger partial charge in [0.15, 0.2) is 0 Å². The van der Waals surface area contributed by atoms with Crippen molar-refractivity contribution < 1.29 is 14.6 Å². The van der Waals surface area contributed by atoms with E-state index in [0.29, 0.717) is 6.54 Å². The number of aryl methyl sites for hydroxylation is 1. The molecule has 1 heterocycles. The van der Waals surface area contributed by atoms with Gasteiger partial charge in [0, 0.05) is 6.54 Å². The highest BCUT2D eigenvalue weighted by Gasteiger charge is 2.27. The summed E-state index contributed by atoms with van der Waals surface area (Å²) in [5.41, 5.74) is 2.31. The number of rotatable bonds is 1. The number of ether oxygens (including phenoxy) is 1. The van der Waals surface area contributed by atoms with Gasteiger partial charge in [0.05, 0.1) is 11.8 Å². The van der Waals surface area contributed by atoms with Crippen molar-refractivity contribution in [3.8, 4) is 0 Å². The quantitative estimate of drug-likeness (QED) is 0.855. The molecule has 1 aromatic carbocycles. The lowest BCUT2D eigenvalue weighted by molar-refractivity contribution is 0.0577. The van der Waals surface area contributed by atoms with Gasteiger partial charge in [0.2, 0.25) is 0 Å². The zero-order chi connectivity index (χ0) is 14.9. The summed E-state index contributed by atoms with van der Waals surface area (Å²) in [6, 6.07) is 5.80. The first kappa shape index (κ1) is 14.9. The Morgan fingerprint density at radius 2 is 2.10 bits per heavy atom. The number of carbonyl (C=O) groups is 1. The van der Waals surface area contributed by atoms with Gasteiger partial charge in [-0.2, -0.15) is 0 Å². The van der Waals surface area contributed by atoms with Crippen molar-refractivity contribution in [3.05, 3.63) is 29.3 Å². The number of aliphatic hydroxyl groups is 1. The van der Waals surface area contributed by atoms with Crippen LogP contribution in [0.3, 0.4) is 0 Å². The first-order chi connectivity index (χ1) is 9.28. The van der Waals surface area contributed by atoms with E-state index in [-0.39, 0.29) is 6.09 Å². The largest absolute Gasteiger partial charge is 0.443 e. The third-order valence-electron chi connectivity index (χ3n) is 3.32. The zero-order valence-electron chi connectivity index (χ0n) is 12.6. The van der Waals surface area contributed by atoms with Gasteiger partial charge >= 0.3 is 6.09 Å². The Hall–Kier alpha value is -1.55. The number of benzene rings is 1. The predicted octanol–water partition coefficient (Wildman–Crippen LogP) is 3.43. The third kappa shape index (κ3) is 3.31. The van der Waals surface area contributed by atoms with Gasteiger partial charge < -0.3 is 9.84 Å². The van der Waals surface area contributed by atoms with E-state index in [2.05, 4.69) is 0 Å². The van der Waals surface area contributed by atoms with Gasteiger partial charge in [-0.25, -0.2) is 4.79 Å². The molecule has 4 heteroatoms. The Kier molecular flexibility index (Phi) is 4.04. The minimum absolute atomic E-state index is 0.318. The van der Waals surface area contributed by atoms with E-state index in [1.807, 2.05) is 39.0 Å². The van der Waals surface area contributed by atoms with Gasteiger partial charge in [-0.15, -0.1) is 0 Å². The van der Waals surface area contributed by atoms with Crippen molar-refractivity contribution >= 4 is 11.8 Å². The molecule has 20 heavy (non-hydrogen) atoms. The van der Waals surface area contributed by atoms with Crippen LogP contribution in [0.5, 0.6) is 0 Å². The molecule has 0 aliphatic carbocycles. The molecule has 110 valence electrons. The monoisotopic (exact) mass is 277 g/mol. The fourth-order valence-corrected chi connectivity index (χ4v) is 2.36. The molecule has 0 aromatic heterocycles. The molecule has 0 radical (unpaired) electrons. The molecule has 0 bridgehead atoms. The summed E-state index contributed by atoms with van der Waals surface area (Å²) in [6.07, 6.45) is 1.03. The van der Waals surface area contributed by atoms with Crippen LogP contribution in [0.2, 0.25) is 0 Å². The Balaban J connectivity index is 2.31. The number of amides is 1. The van der Waals surface area contributed by atoms with Crippen LogP contribution in [-0.2, 0) is 11.2 Å². The van der Waals surface area contributed by atoms with Crippen LogP contribution in [0, 0.1) is 0 Å². The number of hydrogen-bond donors (Lipinski definition) is 1. The SMILES string of the molecule is C[C@H](O)c1ccc2c(c1)N(C(=O)OC(C)(C)C)CCC2. The van der Waals surface area contributed by atoms with Crippen molar-refractivity contribution in [2.75, 3.05) is 11.4 Å². The Morgan fingerprint density at radius 1 is 1.40 bits per heavy atom. The molecule has 1 amide bonds. The van der Waals surface area contributed by atoms with E-state index < -0.39 is 11.7 Å². The maximum absolute atomic E-state index is 12.3. The number of aliphatic hydroxyl groups excluding tert-OH is 1. The first-order valence-electron chi connectivity index (χ1n) is 7.09. The van der Waals surface area contributed by atoms with Crippen molar-refractivity contribution in [3.63, 3.8) is 0 Å². The van der Waals surface area contributed by atoms with Crippen LogP contribution >= 0.6 is 0 Å². The van der Waals surface area contributed by atoms with Crippen LogP contribution in [0.4, 0.5) is 10.5 Å². The summed E-state index contributed by atoms with van der Waals surface area (Å²) in [5.74, 6) is 0. The molecule has 1 aliphatic rings. The standard InChI is InChI=1S/C16H23NO3/c1-11(18)13-8-7-12-6-5-9-17(14(12)10-13)15(19)20-16(2,3)4/h7-8,10-11,18H,5-6,9H2,1-4H3/t11-/m0/s1. The summed E-state index contributed by atoms with van der Waals surface area (Å²) in [7, 11) is 0. The number of anilines is 1. The highest BCUT2D eigenvalue weighted by Crippen LogP contribution is 2.31. The Morgan fingerprint density at radius 3 is 2.70 bits per heavy atom. The fraction of sp³-hybridized carbons (Fsp3) is 0.562. The average molecular weight is 277 g/mol. The summed E-state index contributed by atoms with van der Waals surface area (Å²) in [5, 5.41) is 9.70. The molecule has 4 nitrogen and oxygen atoms in total. The topological polar surface area (TPSA) is 49.8 Å². The van der Waals surface area contributed by atoms with E-state index >= 15 is 0 Å². The number of hydrogen-bond acceptors (Lipinski definition) is 3. The summed E-state index contributed by atoms with van der Waals surface area (Å²) in [6.45, 7) is 7.97. The van der Waals surface area contributed by atoms with E-state index in [0.717, 1.165) is 29.7 Å². The lowest BCUT2D eigenvalue weighted by Crippen LogP contribution is -2.39. The van der Waals surface area contributed by atoms with E-state index in [4.69, 9.17) is 4.74 Å². The number of nitrogens with zero attached hydrogens (tertiary/aromatic N) is 1. The maximum atomic E-state index is 12.3. The van der Waals surface area contributed by atoms with Gasteiger partial charge in [-0.1, -0.05) is 12.1 Å². The summed E-state index contributed by atoms with van der Waals surface area (Å²) in [4.78, 5) is 14.0. The fourth-order valence-electron chi connectivity index (χ4n) is 2.36. The molecule has 1 N–H and O–H groups in total. The van der Waals surface area contributed by atoms with Crippen LogP contribution in [0.1, 0.15) is 51.3 Å². The lowest BCUT2D eigenvalue weighted by Gasteiger charge is -2.32. The molecular formula is C16H23NO3. The van der Waals surface area contributed by atoms with Gasteiger partial charge in [-0.3, -0.25) is 4.90 Å². The predicted molar refractivity (Wildman–Crippen MR) is 79.0 cm³/mol. The van der Waals surface area contributed by atoms with Gasteiger partial charge in [-0.05, 0) is 57.7 Å². The minimum Gasteiger partial charge on any atom is -0.443 e. The normalized spacial score (nSPS) is 16.6. The summed E-state index contributed by atoms with van der Waals surface area (Å²) >= 11 is 0. The molecule has 0 saturated heterocycles. The van der Waals surface area contributed by atoms with Crippen molar-refractivity contribution in [2.45, 2.75) is 52.2 Å². The van der Waals surface area contributed by atoms with Gasteiger partial charge in [0.1, 0.15) is 5.60 Å². The molecule has 1 aromatic rings. The van der Waals surface area contributed by atoms with E-state index in [1.165, 1.54) is 0 Å². The average Bonchev–Trinajstić information content (AvgIpc) is 2.35. The smallest absolute Gasteiger partial charge is 0.414 e. The van der Waals surface area contributed by atoms with Crippen LogP contribution < -0.4 is 4.90 Å². The number of carbonyl (C=O) groups excluding carboxylic acids is 1. The van der Waals surface area contributed by atoms with Crippen molar-refractivity contribution in [1.29, 1.82) is 0 Å². The molecule has 0 saturated carbocycles. The third-order valence-corrected chi connectivity index (χ3v) is 3.32. The lowest BCUT2D eigenvalue weighted by atomic mass is 9.98. The van der Waals surface area contributed by atoms with Crippen LogP contribution in [0.25, 0.3) is 0 Å². The van der Waals surface area contributed by atoms with E-state index in [9.17, 15) is 9.90 Å². The molecule has 2 rings (SSSR count). The Labute approximate surface area is 120 Å². The maximum Gasteiger partial charge on any atom is 0.414 e. The highest BCUT2D eigenvalue weighted by molar-refractivity contribution is 5.89. The molecular weight excluding hydrogens is 254 g/mol. The zero-order valence-corrected chi connectivity index (χ0v) is 12.6. The highest BCUT2D eigenvalue weighted by atomic mass is 16.6. The second-order valence-corrected chi connectivity index (χ2v) is 6.30. The van der Waals surface area contributed by atoms with Crippen LogP contribution in [0.15, 0.2) is 18.2 Å². The second kappa shape index (κ2) is 5.44.